The van der Waals surface area contributed by atoms with Crippen molar-refractivity contribution in [1.29, 1.82) is 0 Å². The molecular weight excluding hydrogens is 306 g/mol. The van der Waals surface area contributed by atoms with Crippen molar-refractivity contribution in [2.45, 2.75) is 12.5 Å². The highest BCUT2D eigenvalue weighted by molar-refractivity contribution is 7.91. The Labute approximate surface area is 127 Å². The van der Waals surface area contributed by atoms with Crippen LogP contribution in [0.3, 0.4) is 0 Å². The van der Waals surface area contributed by atoms with Crippen LogP contribution in [0.15, 0.2) is 36.8 Å². The van der Waals surface area contributed by atoms with Crippen molar-refractivity contribution in [3.8, 4) is 5.82 Å². The minimum absolute atomic E-state index is 0.00307. The van der Waals surface area contributed by atoms with E-state index in [0.717, 1.165) is 0 Å². The number of hydrogen-bond donors (Lipinski definition) is 2. The van der Waals surface area contributed by atoms with E-state index >= 15 is 0 Å². The van der Waals surface area contributed by atoms with Gasteiger partial charge in [-0.25, -0.2) is 22.9 Å². The van der Waals surface area contributed by atoms with E-state index in [1.54, 1.807) is 35.3 Å². The summed E-state index contributed by atoms with van der Waals surface area (Å²) >= 11 is 0. The lowest BCUT2D eigenvalue weighted by atomic mass is 10.3. The largest absolute Gasteiger partial charge is 0.334 e. The van der Waals surface area contributed by atoms with Gasteiger partial charge >= 0.3 is 6.03 Å². The molecular formula is C13H15N5O3S. The summed E-state index contributed by atoms with van der Waals surface area (Å²) in [5.74, 6) is 0.757. The molecule has 0 radical (unpaired) electrons. The first-order chi connectivity index (χ1) is 10.5. The van der Waals surface area contributed by atoms with Crippen LogP contribution in [0.2, 0.25) is 0 Å². The quantitative estimate of drug-likeness (QED) is 0.860. The zero-order chi connectivity index (χ0) is 15.6. The Morgan fingerprint density at radius 3 is 2.82 bits per heavy atom. The summed E-state index contributed by atoms with van der Waals surface area (Å²) in [5.41, 5.74) is 0.522. The number of pyridine rings is 1. The number of hydrogen-bond acceptors (Lipinski definition) is 5. The summed E-state index contributed by atoms with van der Waals surface area (Å²) in [6.45, 7) is 0. The van der Waals surface area contributed by atoms with Crippen LogP contribution < -0.4 is 10.6 Å². The van der Waals surface area contributed by atoms with Crippen LogP contribution in [0.4, 0.5) is 10.5 Å². The number of carbonyl (C=O) groups excluding carboxylic acids is 1. The highest BCUT2D eigenvalue weighted by Gasteiger charge is 2.28. The van der Waals surface area contributed by atoms with Gasteiger partial charge in [0.1, 0.15) is 0 Å². The van der Waals surface area contributed by atoms with Crippen LogP contribution >= 0.6 is 0 Å². The van der Waals surface area contributed by atoms with Crippen LogP contribution in [0.5, 0.6) is 0 Å². The Morgan fingerprint density at radius 1 is 1.36 bits per heavy atom. The molecule has 0 aliphatic carbocycles. The lowest BCUT2D eigenvalue weighted by Gasteiger charge is -2.12. The molecule has 0 aromatic carbocycles. The molecule has 1 aliphatic rings. The van der Waals surface area contributed by atoms with E-state index in [-0.39, 0.29) is 17.5 Å². The second-order valence-corrected chi connectivity index (χ2v) is 7.28. The van der Waals surface area contributed by atoms with Crippen LogP contribution in [-0.4, -0.2) is 46.8 Å². The number of amides is 2. The molecule has 1 fully saturated rings. The molecule has 1 atom stereocenters. The van der Waals surface area contributed by atoms with Gasteiger partial charge in [-0.1, -0.05) is 0 Å². The minimum Gasteiger partial charge on any atom is -0.334 e. The molecule has 0 saturated carbocycles. The first-order valence-corrected chi connectivity index (χ1v) is 8.58. The Bertz CT molecular complexity index is 755. The molecule has 0 bridgehead atoms. The van der Waals surface area contributed by atoms with Gasteiger partial charge in [-0.05, 0) is 24.6 Å². The first-order valence-electron chi connectivity index (χ1n) is 6.76. The average molecular weight is 321 g/mol. The maximum atomic E-state index is 11.8. The summed E-state index contributed by atoms with van der Waals surface area (Å²) in [4.78, 5) is 16.0. The van der Waals surface area contributed by atoms with Crippen LogP contribution in [0.25, 0.3) is 5.82 Å². The lowest BCUT2D eigenvalue weighted by molar-refractivity contribution is 0.249. The third kappa shape index (κ3) is 3.42. The van der Waals surface area contributed by atoms with Gasteiger partial charge in [0, 0.05) is 18.4 Å². The van der Waals surface area contributed by atoms with Crippen molar-refractivity contribution in [1.82, 2.24) is 20.1 Å². The Balaban J connectivity index is 1.58. The smallest absolute Gasteiger partial charge is 0.319 e. The summed E-state index contributed by atoms with van der Waals surface area (Å²) < 4.78 is 24.3. The van der Waals surface area contributed by atoms with E-state index in [9.17, 15) is 13.2 Å². The predicted octanol–water partition coefficient (Wildman–Crippen LogP) is 0.576. The fourth-order valence-electron chi connectivity index (χ4n) is 2.26. The molecule has 3 rings (SSSR count). The monoisotopic (exact) mass is 321 g/mol. The van der Waals surface area contributed by atoms with E-state index in [1.165, 1.54) is 6.20 Å². The normalized spacial score (nSPS) is 19.7. The second-order valence-electron chi connectivity index (χ2n) is 5.05. The molecule has 116 valence electrons. The van der Waals surface area contributed by atoms with Crippen molar-refractivity contribution >= 4 is 21.6 Å². The van der Waals surface area contributed by atoms with Crippen LogP contribution in [0, 0.1) is 0 Å². The topological polar surface area (TPSA) is 106 Å². The molecule has 9 heteroatoms. The number of urea groups is 1. The number of nitrogens with zero attached hydrogens (tertiary/aromatic N) is 3. The van der Waals surface area contributed by atoms with Crippen molar-refractivity contribution in [2.24, 2.45) is 0 Å². The number of nitrogens with one attached hydrogen (secondary N) is 2. The van der Waals surface area contributed by atoms with Gasteiger partial charge in [0.2, 0.25) is 0 Å². The standard InChI is InChI=1S/C13H15N5O3S/c19-13(17-11-4-7-22(20,21)9-11)16-10-2-3-12(14-8-10)18-6-1-5-15-18/h1-3,5-6,8,11H,4,7,9H2,(H2,16,17,19)/t11-/m1/s1. The van der Waals surface area contributed by atoms with Gasteiger partial charge < -0.3 is 10.6 Å². The summed E-state index contributed by atoms with van der Waals surface area (Å²) in [6.07, 6.45) is 5.38. The summed E-state index contributed by atoms with van der Waals surface area (Å²) in [7, 11) is -3.01. The van der Waals surface area contributed by atoms with Gasteiger partial charge in [-0.3, -0.25) is 0 Å². The van der Waals surface area contributed by atoms with Crippen molar-refractivity contribution in [2.75, 3.05) is 16.8 Å². The maximum absolute atomic E-state index is 11.8. The van der Waals surface area contributed by atoms with Gasteiger partial charge in [0.15, 0.2) is 15.7 Å². The summed E-state index contributed by atoms with van der Waals surface area (Å²) in [6, 6.07) is 4.45. The molecule has 2 aromatic heterocycles. The van der Waals surface area contributed by atoms with Gasteiger partial charge in [-0.15, -0.1) is 0 Å². The number of anilines is 1. The number of aromatic nitrogens is 3. The van der Waals surface area contributed by atoms with Crippen molar-refractivity contribution < 1.29 is 13.2 Å². The molecule has 2 aromatic rings. The highest BCUT2D eigenvalue weighted by Crippen LogP contribution is 2.12. The van der Waals surface area contributed by atoms with E-state index in [1.807, 2.05) is 0 Å². The molecule has 1 saturated heterocycles. The van der Waals surface area contributed by atoms with E-state index < -0.39 is 15.9 Å². The van der Waals surface area contributed by atoms with Gasteiger partial charge in [0.05, 0.1) is 23.4 Å². The minimum atomic E-state index is -3.01. The Kier molecular flexibility index (Phi) is 3.80. The van der Waals surface area contributed by atoms with E-state index in [2.05, 4.69) is 20.7 Å². The molecule has 1 aliphatic heterocycles. The van der Waals surface area contributed by atoms with Crippen molar-refractivity contribution in [3.05, 3.63) is 36.8 Å². The molecule has 3 heterocycles. The number of carbonyl (C=O) groups is 1. The van der Waals surface area contributed by atoms with Gasteiger partial charge in [-0.2, -0.15) is 5.10 Å². The molecule has 0 spiro atoms. The number of rotatable bonds is 3. The average Bonchev–Trinajstić information content (AvgIpc) is 3.09. The van der Waals surface area contributed by atoms with Crippen molar-refractivity contribution in [3.63, 3.8) is 0 Å². The third-order valence-corrected chi connectivity index (χ3v) is 5.08. The molecule has 0 unspecified atom stereocenters. The second kappa shape index (κ2) is 5.76. The van der Waals surface area contributed by atoms with E-state index in [4.69, 9.17) is 0 Å². The fraction of sp³-hybridized carbons (Fsp3) is 0.308. The first kappa shape index (κ1) is 14.5. The zero-order valence-corrected chi connectivity index (χ0v) is 12.5. The SMILES string of the molecule is O=C(Nc1ccc(-n2cccn2)nc1)N[C@@H]1CCS(=O)(=O)C1. The van der Waals surface area contributed by atoms with Gasteiger partial charge in [0.25, 0.3) is 0 Å². The molecule has 2 N–H and O–H groups in total. The predicted molar refractivity (Wildman–Crippen MR) is 80.6 cm³/mol. The Morgan fingerprint density at radius 2 is 2.23 bits per heavy atom. The number of sulfone groups is 1. The van der Waals surface area contributed by atoms with E-state index in [0.29, 0.717) is 17.9 Å². The lowest BCUT2D eigenvalue weighted by Crippen LogP contribution is -2.38. The highest BCUT2D eigenvalue weighted by atomic mass is 32.2. The van der Waals surface area contributed by atoms with Crippen LogP contribution in [-0.2, 0) is 9.84 Å². The maximum Gasteiger partial charge on any atom is 0.319 e. The zero-order valence-electron chi connectivity index (χ0n) is 11.6. The molecule has 22 heavy (non-hydrogen) atoms. The molecule has 8 nitrogen and oxygen atoms in total. The fourth-order valence-corrected chi connectivity index (χ4v) is 3.93. The summed E-state index contributed by atoms with van der Waals surface area (Å²) in [5, 5.41) is 9.34. The third-order valence-electron chi connectivity index (χ3n) is 3.31. The molecule has 2 amide bonds. The Hall–Kier alpha value is -2.42. The van der Waals surface area contributed by atoms with Crippen LogP contribution in [0.1, 0.15) is 6.42 Å².